The standard InChI is InChI=1S/C29H31F3N4O4S/c1-35(15-14-20-12-13-23(38-2)25(18-20)39-3)26(37)11-4-5-17-41-28-34-33-27(24-10-7-16-40-24)36(28)22-9-6-8-21(19-22)29(30,31)32/h6-10,12-13,16,18-19H,4-5,11,14-15,17H2,1-3H3. The number of carbonyl (C=O) groups excluding carboxylic acids is 1. The van der Waals surface area contributed by atoms with Gasteiger partial charge in [0.05, 0.1) is 31.7 Å². The van der Waals surface area contributed by atoms with Crippen molar-refractivity contribution in [2.75, 3.05) is 33.6 Å². The van der Waals surface area contributed by atoms with Gasteiger partial charge in [-0.15, -0.1) is 10.2 Å². The number of nitrogens with zero attached hydrogens (tertiary/aromatic N) is 4. The molecule has 12 heteroatoms. The lowest BCUT2D eigenvalue weighted by atomic mass is 10.1. The van der Waals surface area contributed by atoms with Crippen molar-refractivity contribution in [2.24, 2.45) is 0 Å². The van der Waals surface area contributed by atoms with Gasteiger partial charge in [-0.3, -0.25) is 9.36 Å². The molecule has 2 aromatic heterocycles. The molecule has 4 aromatic rings. The molecule has 1 amide bonds. The molecule has 0 bridgehead atoms. The fourth-order valence-corrected chi connectivity index (χ4v) is 5.12. The number of hydrogen-bond acceptors (Lipinski definition) is 7. The Labute approximate surface area is 240 Å². The van der Waals surface area contributed by atoms with Crippen LogP contribution < -0.4 is 9.47 Å². The van der Waals surface area contributed by atoms with Crippen molar-refractivity contribution in [3.05, 3.63) is 72.0 Å². The van der Waals surface area contributed by atoms with Crippen molar-refractivity contribution in [1.29, 1.82) is 0 Å². The summed E-state index contributed by atoms with van der Waals surface area (Å²) >= 11 is 1.37. The molecule has 0 N–H and O–H groups in total. The average molecular weight is 589 g/mol. The third kappa shape index (κ3) is 7.63. The molecule has 218 valence electrons. The predicted molar refractivity (Wildman–Crippen MR) is 150 cm³/mol. The largest absolute Gasteiger partial charge is 0.493 e. The molecule has 2 aromatic carbocycles. The Balaban J connectivity index is 1.32. The van der Waals surface area contributed by atoms with Crippen molar-refractivity contribution in [1.82, 2.24) is 19.7 Å². The maximum absolute atomic E-state index is 13.4. The second-order valence-electron chi connectivity index (χ2n) is 9.23. The lowest BCUT2D eigenvalue weighted by Crippen LogP contribution is -2.28. The third-order valence-electron chi connectivity index (χ3n) is 6.43. The first kappa shape index (κ1) is 30.0. The Morgan fingerprint density at radius 3 is 2.54 bits per heavy atom. The lowest BCUT2D eigenvalue weighted by Gasteiger charge is -2.17. The van der Waals surface area contributed by atoms with E-state index in [1.807, 2.05) is 18.2 Å². The summed E-state index contributed by atoms with van der Waals surface area (Å²) in [6.45, 7) is 0.568. The molecule has 41 heavy (non-hydrogen) atoms. The molecule has 0 saturated heterocycles. The number of alkyl halides is 3. The van der Waals surface area contributed by atoms with Crippen LogP contribution in [0.5, 0.6) is 11.5 Å². The minimum absolute atomic E-state index is 0.0442. The van der Waals surface area contributed by atoms with Gasteiger partial charge in [-0.2, -0.15) is 13.2 Å². The number of halogens is 3. The first-order chi connectivity index (χ1) is 19.7. The van der Waals surface area contributed by atoms with Crippen LogP contribution in [0.2, 0.25) is 0 Å². The van der Waals surface area contributed by atoms with E-state index in [0.717, 1.165) is 17.7 Å². The number of aromatic nitrogens is 3. The van der Waals surface area contributed by atoms with Crippen LogP contribution >= 0.6 is 11.8 Å². The molecule has 4 rings (SSSR count). The van der Waals surface area contributed by atoms with E-state index < -0.39 is 11.7 Å². The Hall–Kier alpha value is -3.93. The summed E-state index contributed by atoms with van der Waals surface area (Å²) in [5, 5.41) is 8.84. The highest BCUT2D eigenvalue weighted by molar-refractivity contribution is 7.99. The van der Waals surface area contributed by atoms with E-state index in [1.165, 1.54) is 24.1 Å². The Kier molecular flexibility index (Phi) is 9.98. The Morgan fingerprint density at radius 1 is 1.02 bits per heavy atom. The van der Waals surface area contributed by atoms with Crippen molar-refractivity contribution in [3.8, 4) is 28.8 Å². The van der Waals surface area contributed by atoms with E-state index in [4.69, 9.17) is 13.9 Å². The van der Waals surface area contributed by atoms with Gasteiger partial charge in [0.2, 0.25) is 11.7 Å². The summed E-state index contributed by atoms with van der Waals surface area (Å²) in [5.41, 5.74) is 0.557. The zero-order valence-electron chi connectivity index (χ0n) is 23.0. The molecule has 0 fully saturated rings. The summed E-state index contributed by atoms with van der Waals surface area (Å²) in [6, 6.07) is 14.1. The molecule has 0 unspecified atom stereocenters. The van der Waals surface area contributed by atoms with E-state index in [1.54, 1.807) is 48.9 Å². The number of likely N-dealkylation sites (N-methyl/N-ethyl adjacent to an activating group) is 1. The van der Waals surface area contributed by atoms with E-state index in [0.29, 0.717) is 66.2 Å². The fourth-order valence-electron chi connectivity index (χ4n) is 4.17. The minimum Gasteiger partial charge on any atom is -0.493 e. The van der Waals surface area contributed by atoms with Gasteiger partial charge in [0.1, 0.15) is 0 Å². The van der Waals surface area contributed by atoms with Crippen LogP contribution in [0.3, 0.4) is 0 Å². The highest BCUT2D eigenvalue weighted by Crippen LogP contribution is 2.34. The van der Waals surface area contributed by atoms with Crippen molar-refractivity contribution in [3.63, 3.8) is 0 Å². The van der Waals surface area contributed by atoms with Crippen LogP contribution in [0, 0.1) is 0 Å². The SMILES string of the molecule is COc1ccc(CCN(C)C(=O)CCCCSc2nnc(-c3ccco3)n2-c2cccc(C(F)(F)F)c2)cc1OC. The molecule has 0 aliphatic rings. The summed E-state index contributed by atoms with van der Waals surface area (Å²) in [5.74, 6) is 2.66. The molecule has 8 nitrogen and oxygen atoms in total. The second kappa shape index (κ2) is 13.6. The highest BCUT2D eigenvalue weighted by atomic mass is 32.2. The van der Waals surface area contributed by atoms with Gasteiger partial charge >= 0.3 is 6.18 Å². The maximum Gasteiger partial charge on any atom is 0.416 e. The molecule has 2 heterocycles. The number of carbonyl (C=O) groups is 1. The Bertz CT molecular complexity index is 1440. The molecule has 0 aliphatic heterocycles. The van der Waals surface area contributed by atoms with Crippen LogP contribution in [0.1, 0.15) is 30.4 Å². The van der Waals surface area contributed by atoms with Crippen molar-refractivity contribution in [2.45, 2.75) is 37.0 Å². The molecule has 0 aliphatic carbocycles. The zero-order valence-corrected chi connectivity index (χ0v) is 23.8. The third-order valence-corrected chi connectivity index (χ3v) is 7.45. The van der Waals surface area contributed by atoms with Crippen LogP contribution in [-0.2, 0) is 17.4 Å². The van der Waals surface area contributed by atoms with Gasteiger partial charge in [-0.1, -0.05) is 23.9 Å². The summed E-state index contributed by atoms with van der Waals surface area (Å²) in [7, 11) is 4.95. The van der Waals surface area contributed by atoms with Crippen LogP contribution in [0.15, 0.2) is 70.4 Å². The number of unbranched alkanes of at least 4 members (excludes halogenated alkanes) is 1. The first-order valence-electron chi connectivity index (χ1n) is 13.0. The predicted octanol–water partition coefficient (Wildman–Crippen LogP) is 6.53. The quantitative estimate of drug-likeness (QED) is 0.130. The molecule has 0 saturated carbocycles. The van der Waals surface area contributed by atoms with Gasteiger partial charge in [0, 0.05) is 25.8 Å². The summed E-state index contributed by atoms with van der Waals surface area (Å²) < 4.78 is 57.8. The number of hydrogen-bond donors (Lipinski definition) is 0. The van der Waals surface area contributed by atoms with E-state index in [9.17, 15) is 18.0 Å². The minimum atomic E-state index is -4.48. The van der Waals surface area contributed by atoms with Gasteiger partial charge < -0.3 is 18.8 Å². The Morgan fingerprint density at radius 2 is 1.83 bits per heavy atom. The number of amides is 1. The second-order valence-corrected chi connectivity index (χ2v) is 10.3. The van der Waals surface area contributed by atoms with Crippen LogP contribution in [0.25, 0.3) is 17.3 Å². The molecule has 0 radical (unpaired) electrons. The van der Waals surface area contributed by atoms with Crippen molar-refractivity contribution < 1.29 is 31.9 Å². The summed E-state index contributed by atoms with van der Waals surface area (Å²) in [6.07, 6.45) is -0.568. The monoisotopic (exact) mass is 588 g/mol. The van der Waals surface area contributed by atoms with E-state index >= 15 is 0 Å². The van der Waals surface area contributed by atoms with Gasteiger partial charge in [0.25, 0.3) is 0 Å². The number of rotatable bonds is 13. The number of methoxy groups -OCH3 is 2. The summed E-state index contributed by atoms with van der Waals surface area (Å²) in [4.78, 5) is 14.4. The smallest absolute Gasteiger partial charge is 0.416 e. The normalized spacial score (nSPS) is 11.5. The highest BCUT2D eigenvalue weighted by Gasteiger charge is 2.31. The number of ether oxygens (including phenoxy) is 2. The number of furan rings is 1. The zero-order chi connectivity index (χ0) is 29.4. The molecular weight excluding hydrogens is 557 g/mol. The first-order valence-corrected chi connectivity index (χ1v) is 13.9. The van der Waals surface area contributed by atoms with Gasteiger partial charge in [-0.25, -0.2) is 0 Å². The van der Waals surface area contributed by atoms with Gasteiger partial charge in [0.15, 0.2) is 22.4 Å². The van der Waals surface area contributed by atoms with Gasteiger partial charge in [-0.05, 0) is 67.3 Å². The van der Waals surface area contributed by atoms with Crippen molar-refractivity contribution >= 4 is 17.7 Å². The van der Waals surface area contributed by atoms with E-state index in [2.05, 4.69) is 10.2 Å². The fraction of sp³-hybridized carbons (Fsp3) is 0.345. The number of benzene rings is 2. The number of thioether (sulfide) groups is 1. The lowest BCUT2D eigenvalue weighted by molar-refractivity contribution is -0.137. The molecular formula is C29H31F3N4O4S. The van der Waals surface area contributed by atoms with E-state index in [-0.39, 0.29) is 11.6 Å². The average Bonchev–Trinajstić information content (AvgIpc) is 3.65. The van der Waals surface area contributed by atoms with Crippen LogP contribution in [-0.4, -0.2) is 59.1 Å². The molecule has 0 atom stereocenters. The maximum atomic E-state index is 13.4. The molecule has 0 spiro atoms. The van der Waals surface area contributed by atoms with Crippen LogP contribution in [0.4, 0.5) is 13.2 Å². The topological polar surface area (TPSA) is 82.6 Å².